The summed E-state index contributed by atoms with van der Waals surface area (Å²) in [6, 6.07) is 10.7. The van der Waals surface area contributed by atoms with E-state index in [-0.39, 0.29) is 12.6 Å². The second-order valence-corrected chi connectivity index (χ2v) is 11.0. The van der Waals surface area contributed by atoms with Crippen molar-refractivity contribution in [2.75, 3.05) is 6.61 Å². The van der Waals surface area contributed by atoms with Crippen LogP contribution in [0, 0.1) is 0 Å². The van der Waals surface area contributed by atoms with Crippen LogP contribution in [-0.2, 0) is 6.42 Å². The number of benzene rings is 1. The number of carbonyl (C=O) groups excluding carboxylic acids is 1. The third-order valence-electron chi connectivity index (χ3n) is 6.48. The van der Waals surface area contributed by atoms with Crippen LogP contribution in [-0.4, -0.2) is 18.7 Å². The minimum Gasteiger partial charge on any atom is -0.491 e. The minimum atomic E-state index is -0.951. The third kappa shape index (κ3) is 13.4. The largest absolute Gasteiger partial charge is 0.491 e. The molecule has 0 N–H and O–H groups in total. The molecule has 0 aliphatic rings. The van der Waals surface area contributed by atoms with Crippen LogP contribution in [0.4, 0.5) is 4.39 Å². The maximum absolute atomic E-state index is 14.0. The molecule has 1 aromatic carbocycles. The van der Waals surface area contributed by atoms with E-state index in [0.29, 0.717) is 22.8 Å². The number of unbranched alkanes of at least 4 members (excludes halogenated alkanes) is 12. The van der Waals surface area contributed by atoms with Crippen LogP contribution in [0.15, 0.2) is 36.4 Å². The highest BCUT2D eigenvalue weighted by Gasteiger charge is 2.13. The summed E-state index contributed by atoms with van der Waals surface area (Å²) in [7, 11) is 0. The standard InChI is InChI=1S/C31H47FO3S/c1-3-5-7-9-10-11-12-13-14-16-18-29-23-24-30(36-29)31(33)35-28-21-19-27(20-22-28)34-25-26(32)17-15-8-6-4-2/h19-24,26H,3-18,25H2,1-2H3. The Morgan fingerprint density at radius 2 is 1.31 bits per heavy atom. The van der Waals surface area contributed by atoms with Crippen LogP contribution in [0.5, 0.6) is 11.5 Å². The number of ether oxygens (including phenoxy) is 2. The predicted molar refractivity (Wildman–Crippen MR) is 150 cm³/mol. The van der Waals surface area contributed by atoms with Crippen LogP contribution in [0.1, 0.15) is 125 Å². The number of carbonyl (C=O) groups is 1. The van der Waals surface area contributed by atoms with Gasteiger partial charge in [-0.3, -0.25) is 0 Å². The molecule has 0 bridgehead atoms. The molecule has 0 amide bonds. The van der Waals surface area contributed by atoms with E-state index in [1.165, 1.54) is 80.4 Å². The average molecular weight is 519 g/mol. The van der Waals surface area contributed by atoms with E-state index >= 15 is 0 Å². The van der Waals surface area contributed by atoms with Gasteiger partial charge in [0.2, 0.25) is 0 Å². The summed E-state index contributed by atoms with van der Waals surface area (Å²) in [5, 5.41) is 0. The Morgan fingerprint density at radius 1 is 0.750 bits per heavy atom. The molecule has 0 radical (unpaired) electrons. The van der Waals surface area contributed by atoms with E-state index in [4.69, 9.17) is 9.47 Å². The van der Waals surface area contributed by atoms with Crippen molar-refractivity contribution in [1.82, 2.24) is 0 Å². The molecule has 1 unspecified atom stereocenters. The first-order valence-corrected chi connectivity index (χ1v) is 15.1. The first kappa shape index (κ1) is 30.3. The van der Waals surface area contributed by atoms with E-state index in [2.05, 4.69) is 13.8 Å². The van der Waals surface area contributed by atoms with Gasteiger partial charge in [0, 0.05) is 4.88 Å². The quantitative estimate of drug-likeness (QED) is 0.0936. The molecule has 3 nitrogen and oxygen atoms in total. The number of aryl methyl sites for hydroxylation is 1. The van der Waals surface area contributed by atoms with Gasteiger partial charge in [-0.25, -0.2) is 9.18 Å². The van der Waals surface area contributed by atoms with Crippen molar-refractivity contribution in [2.45, 2.75) is 123 Å². The van der Waals surface area contributed by atoms with Crippen LogP contribution in [0.2, 0.25) is 0 Å². The summed E-state index contributed by atoms with van der Waals surface area (Å²) in [6.07, 6.45) is 18.2. The smallest absolute Gasteiger partial charge is 0.353 e. The molecule has 5 heteroatoms. The Bertz CT molecular complexity index is 817. The van der Waals surface area contributed by atoms with Gasteiger partial charge in [0.25, 0.3) is 0 Å². The summed E-state index contributed by atoms with van der Waals surface area (Å²) in [4.78, 5) is 14.4. The second-order valence-electron chi connectivity index (χ2n) is 9.82. The molecule has 1 atom stereocenters. The van der Waals surface area contributed by atoms with E-state index in [9.17, 15) is 9.18 Å². The molecule has 0 aliphatic heterocycles. The number of halogens is 1. The third-order valence-corrected chi connectivity index (χ3v) is 7.60. The van der Waals surface area contributed by atoms with Crippen molar-refractivity contribution in [3.05, 3.63) is 46.2 Å². The van der Waals surface area contributed by atoms with Crippen molar-refractivity contribution in [3.8, 4) is 11.5 Å². The fourth-order valence-corrected chi connectivity index (χ4v) is 5.16. The molecule has 1 heterocycles. The lowest BCUT2D eigenvalue weighted by Gasteiger charge is -2.11. The normalized spacial score (nSPS) is 12.0. The minimum absolute atomic E-state index is 0.0578. The zero-order valence-electron chi connectivity index (χ0n) is 22.6. The molecule has 1 aromatic heterocycles. The zero-order valence-corrected chi connectivity index (χ0v) is 23.4. The summed E-state index contributed by atoms with van der Waals surface area (Å²) >= 11 is 1.52. The number of hydrogen-bond donors (Lipinski definition) is 0. The summed E-state index contributed by atoms with van der Waals surface area (Å²) in [5.41, 5.74) is 0. The SMILES string of the molecule is CCCCCCCCCCCCc1ccc(C(=O)Oc2ccc(OCC(F)CCCCCC)cc2)s1. The maximum atomic E-state index is 14.0. The number of hydrogen-bond acceptors (Lipinski definition) is 4. The number of alkyl halides is 1. The van der Waals surface area contributed by atoms with E-state index in [0.717, 1.165) is 32.1 Å². The van der Waals surface area contributed by atoms with Gasteiger partial charge in [-0.2, -0.15) is 0 Å². The highest BCUT2D eigenvalue weighted by atomic mass is 32.1. The second kappa shape index (κ2) is 19.3. The van der Waals surface area contributed by atoms with Crippen molar-refractivity contribution in [3.63, 3.8) is 0 Å². The monoisotopic (exact) mass is 518 g/mol. The molecular formula is C31H47FO3S. The summed E-state index contributed by atoms with van der Waals surface area (Å²) in [5.74, 6) is 0.716. The van der Waals surface area contributed by atoms with Crippen LogP contribution >= 0.6 is 11.3 Å². The molecule has 36 heavy (non-hydrogen) atoms. The first-order valence-electron chi connectivity index (χ1n) is 14.3. The Labute approximate surface area is 222 Å². The van der Waals surface area contributed by atoms with E-state index in [1.807, 2.05) is 12.1 Å². The van der Waals surface area contributed by atoms with Gasteiger partial charge < -0.3 is 9.47 Å². The van der Waals surface area contributed by atoms with Gasteiger partial charge in [-0.05, 0) is 55.7 Å². The van der Waals surface area contributed by atoms with Gasteiger partial charge in [-0.15, -0.1) is 11.3 Å². The molecule has 0 saturated heterocycles. The number of esters is 1. The van der Waals surface area contributed by atoms with Gasteiger partial charge >= 0.3 is 5.97 Å². The molecule has 0 aliphatic carbocycles. The van der Waals surface area contributed by atoms with Crippen LogP contribution < -0.4 is 9.47 Å². The van der Waals surface area contributed by atoms with Gasteiger partial charge in [0.1, 0.15) is 29.2 Å². The topological polar surface area (TPSA) is 35.5 Å². The molecule has 2 rings (SSSR count). The summed E-state index contributed by atoms with van der Waals surface area (Å²) in [6.45, 7) is 4.47. The number of rotatable bonds is 21. The Morgan fingerprint density at radius 3 is 1.94 bits per heavy atom. The highest BCUT2D eigenvalue weighted by Crippen LogP contribution is 2.23. The fraction of sp³-hybridized carbons (Fsp3) is 0.645. The molecular weight excluding hydrogens is 471 g/mol. The van der Waals surface area contributed by atoms with Crippen molar-refractivity contribution in [2.24, 2.45) is 0 Å². The van der Waals surface area contributed by atoms with Crippen LogP contribution in [0.3, 0.4) is 0 Å². The molecule has 0 saturated carbocycles. The number of thiophene rings is 1. The predicted octanol–water partition coefficient (Wildman–Crippen LogP) is 10.1. The molecule has 2 aromatic rings. The maximum Gasteiger partial charge on any atom is 0.353 e. The first-order chi connectivity index (χ1) is 17.6. The Balaban J connectivity index is 1.61. The van der Waals surface area contributed by atoms with Crippen molar-refractivity contribution in [1.29, 1.82) is 0 Å². The van der Waals surface area contributed by atoms with Gasteiger partial charge in [-0.1, -0.05) is 97.3 Å². The molecule has 0 spiro atoms. The highest BCUT2D eigenvalue weighted by molar-refractivity contribution is 7.13. The molecule has 0 fully saturated rings. The summed E-state index contributed by atoms with van der Waals surface area (Å²) < 4.78 is 25.0. The Kier molecular flexibility index (Phi) is 16.2. The lowest BCUT2D eigenvalue weighted by molar-refractivity contribution is 0.0739. The fourth-order valence-electron chi connectivity index (χ4n) is 4.23. The zero-order chi connectivity index (χ0) is 25.8. The van der Waals surface area contributed by atoms with Gasteiger partial charge in [0.15, 0.2) is 0 Å². The average Bonchev–Trinajstić information content (AvgIpc) is 3.36. The Hall–Kier alpha value is -1.88. The van der Waals surface area contributed by atoms with E-state index < -0.39 is 6.17 Å². The lowest BCUT2D eigenvalue weighted by Crippen LogP contribution is -2.12. The lowest BCUT2D eigenvalue weighted by atomic mass is 10.1. The van der Waals surface area contributed by atoms with Crippen molar-refractivity contribution >= 4 is 17.3 Å². The molecule has 202 valence electrons. The van der Waals surface area contributed by atoms with Crippen LogP contribution in [0.25, 0.3) is 0 Å². The van der Waals surface area contributed by atoms with Gasteiger partial charge in [0.05, 0.1) is 0 Å². The van der Waals surface area contributed by atoms with E-state index in [1.54, 1.807) is 24.3 Å². The van der Waals surface area contributed by atoms with Crippen molar-refractivity contribution < 1.29 is 18.7 Å².